The zero-order chi connectivity index (χ0) is 25.8. The zero-order valence-electron chi connectivity index (χ0n) is 20.1. The van der Waals surface area contributed by atoms with Crippen molar-refractivity contribution in [1.82, 2.24) is 4.57 Å². The van der Waals surface area contributed by atoms with Crippen molar-refractivity contribution < 1.29 is 19.0 Å². The highest BCUT2D eigenvalue weighted by molar-refractivity contribution is 7.07. The maximum absolute atomic E-state index is 13.4. The summed E-state index contributed by atoms with van der Waals surface area (Å²) in [5.41, 5.74) is 7.67. The number of hydrogen-bond donors (Lipinski definition) is 1. The Morgan fingerprint density at radius 3 is 2.19 bits per heavy atom. The largest absolute Gasteiger partial charge is 0.494 e. The monoisotopic (exact) mass is 503 g/mol. The molecular weight excluding hydrogens is 478 g/mol. The molecule has 0 radical (unpaired) electrons. The lowest BCUT2D eigenvalue weighted by Crippen LogP contribution is -2.40. The predicted octanol–water partition coefficient (Wildman–Crippen LogP) is 2.31. The Bertz CT molecular complexity index is 1540. The molecule has 0 aliphatic carbocycles. The van der Waals surface area contributed by atoms with Crippen molar-refractivity contribution in [2.24, 2.45) is 5.73 Å². The van der Waals surface area contributed by atoms with Crippen LogP contribution < -0.4 is 30.0 Å². The fraction of sp³-hybridized carbons (Fsp3) is 0.222. The highest BCUT2D eigenvalue weighted by Crippen LogP contribution is 2.37. The first-order chi connectivity index (χ1) is 17.4. The van der Waals surface area contributed by atoms with Crippen molar-refractivity contribution >= 4 is 34.8 Å². The molecule has 9 heteroatoms. The minimum absolute atomic E-state index is 0.00775. The number of rotatable bonds is 7. The van der Waals surface area contributed by atoms with Gasteiger partial charge in [0, 0.05) is 0 Å². The number of benzene rings is 2. The van der Waals surface area contributed by atoms with Crippen molar-refractivity contribution in [1.29, 1.82) is 5.26 Å². The SMILES string of the molecule is CCOc1ccc(C=c2sc3n(c2=O)C(N)=C(C#N)C(c2ccc(OCC)cc2)C=3C(=O)OC)cc1. The summed E-state index contributed by atoms with van der Waals surface area (Å²) in [7, 11) is 1.27. The molecule has 1 aliphatic rings. The number of hydrogen-bond acceptors (Lipinski definition) is 8. The van der Waals surface area contributed by atoms with Gasteiger partial charge in [-0.15, -0.1) is 11.3 Å². The van der Waals surface area contributed by atoms with Gasteiger partial charge in [-0.3, -0.25) is 9.36 Å². The first kappa shape index (κ1) is 24.8. The number of esters is 1. The van der Waals surface area contributed by atoms with Gasteiger partial charge in [0.15, 0.2) is 0 Å². The molecule has 0 fully saturated rings. The van der Waals surface area contributed by atoms with Crippen LogP contribution in [-0.4, -0.2) is 30.9 Å². The molecule has 4 rings (SSSR count). The number of fused-ring (bicyclic) bond motifs is 1. The minimum atomic E-state index is -0.797. The van der Waals surface area contributed by atoms with Gasteiger partial charge in [-0.25, -0.2) is 4.79 Å². The smallest absolute Gasteiger partial charge is 0.337 e. The molecule has 2 heterocycles. The first-order valence-corrected chi connectivity index (χ1v) is 12.2. The third kappa shape index (κ3) is 4.51. The Morgan fingerprint density at radius 2 is 1.67 bits per heavy atom. The lowest BCUT2D eigenvalue weighted by atomic mass is 9.84. The minimum Gasteiger partial charge on any atom is -0.494 e. The molecule has 2 N–H and O–H groups in total. The van der Waals surface area contributed by atoms with E-state index >= 15 is 0 Å². The van der Waals surface area contributed by atoms with Crippen LogP contribution in [0.15, 0.2) is 58.9 Å². The highest BCUT2D eigenvalue weighted by atomic mass is 32.1. The van der Waals surface area contributed by atoms with Gasteiger partial charge in [-0.2, -0.15) is 5.26 Å². The highest BCUT2D eigenvalue weighted by Gasteiger charge is 2.36. The van der Waals surface area contributed by atoms with Gasteiger partial charge in [0.25, 0.3) is 5.56 Å². The summed E-state index contributed by atoms with van der Waals surface area (Å²) in [6.45, 7) is 4.85. The second kappa shape index (κ2) is 10.5. The molecule has 184 valence electrons. The zero-order valence-corrected chi connectivity index (χ0v) is 20.9. The summed E-state index contributed by atoms with van der Waals surface area (Å²) in [6, 6.07) is 16.5. The van der Waals surface area contributed by atoms with E-state index in [1.54, 1.807) is 30.3 Å². The number of allylic oxidation sites excluding steroid dienone is 1. The molecule has 1 aromatic heterocycles. The summed E-state index contributed by atoms with van der Waals surface area (Å²) in [5, 5.41) is 10.0. The van der Waals surface area contributed by atoms with Crippen LogP contribution in [-0.2, 0) is 9.53 Å². The molecule has 2 aromatic carbocycles. The second-order valence-corrected chi connectivity index (χ2v) is 8.84. The van der Waals surface area contributed by atoms with Gasteiger partial charge in [0.05, 0.1) is 48.0 Å². The van der Waals surface area contributed by atoms with Crippen LogP contribution >= 0.6 is 11.3 Å². The van der Waals surface area contributed by atoms with E-state index in [0.717, 1.165) is 22.6 Å². The average molecular weight is 504 g/mol. The van der Waals surface area contributed by atoms with E-state index in [0.29, 0.717) is 33.7 Å². The molecule has 1 unspecified atom stereocenters. The third-order valence-corrected chi connectivity index (χ3v) is 6.80. The molecule has 1 atom stereocenters. The van der Waals surface area contributed by atoms with Crippen LogP contribution in [0.25, 0.3) is 17.5 Å². The first-order valence-electron chi connectivity index (χ1n) is 11.3. The predicted molar refractivity (Wildman–Crippen MR) is 138 cm³/mol. The summed E-state index contributed by atoms with van der Waals surface area (Å²) in [6.07, 6.45) is 1.72. The summed E-state index contributed by atoms with van der Waals surface area (Å²) >= 11 is 1.13. The van der Waals surface area contributed by atoms with Crippen LogP contribution in [0, 0.1) is 11.3 Å². The fourth-order valence-corrected chi connectivity index (χ4v) is 5.25. The van der Waals surface area contributed by atoms with Crippen LogP contribution in [0.2, 0.25) is 0 Å². The number of nitrogens with zero attached hydrogens (tertiary/aromatic N) is 2. The Kier molecular flexibility index (Phi) is 7.27. The molecule has 8 nitrogen and oxygen atoms in total. The van der Waals surface area contributed by atoms with Gasteiger partial charge in [-0.05, 0) is 55.3 Å². The van der Waals surface area contributed by atoms with E-state index in [-0.39, 0.29) is 17.0 Å². The van der Waals surface area contributed by atoms with Crippen molar-refractivity contribution in [2.75, 3.05) is 20.3 Å². The lowest BCUT2D eigenvalue weighted by molar-refractivity contribution is -0.134. The van der Waals surface area contributed by atoms with Crippen molar-refractivity contribution in [3.05, 3.63) is 84.8 Å². The van der Waals surface area contributed by atoms with E-state index in [9.17, 15) is 14.9 Å². The number of thiazole rings is 1. The molecule has 0 saturated heterocycles. The van der Waals surface area contributed by atoms with E-state index < -0.39 is 17.4 Å². The summed E-state index contributed by atoms with van der Waals surface area (Å²) in [4.78, 5) is 26.4. The Hall–Kier alpha value is -4.29. The number of methoxy groups -OCH3 is 1. The lowest BCUT2D eigenvalue weighted by Gasteiger charge is -2.24. The van der Waals surface area contributed by atoms with Crippen LogP contribution in [0.1, 0.15) is 30.9 Å². The van der Waals surface area contributed by atoms with E-state index in [1.165, 1.54) is 11.7 Å². The van der Waals surface area contributed by atoms with Gasteiger partial charge in [-0.1, -0.05) is 24.3 Å². The van der Waals surface area contributed by atoms with Crippen LogP contribution in [0.4, 0.5) is 0 Å². The van der Waals surface area contributed by atoms with E-state index in [1.807, 2.05) is 38.1 Å². The third-order valence-electron chi connectivity index (χ3n) is 5.69. The van der Waals surface area contributed by atoms with Crippen molar-refractivity contribution in [2.45, 2.75) is 19.8 Å². The normalized spacial score (nSPS) is 15.3. The molecule has 0 bridgehead atoms. The number of nitriles is 1. The molecule has 1 aliphatic heterocycles. The maximum Gasteiger partial charge on any atom is 0.337 e. The van der Waals surface area contributed by atoms with Gasteiger partial charge in [0.2, 0.25) is 0 Å². The van der Waals surface area contributed by atoms with Crippen LogP contribution in [0.3, 0.4) is 0 Å². The molecule has 36 heavy (non-hydrogen) atoms. The van der Waals surface area contributed by atoms with Gasteiger partial charge in [0.1, 0.15) is 22.0 Å². The second-order valence-electron chi connectivity index (χ2n) is 7.81. The number of carbonyl (C=O) groups excluding carboxylic acids is 1. The number of ether oxygens (including phenoxy) is 3. The standard InChI is InChI=1S/C27H25N3O5S/c1-4-34-18-10-6-16(7-11-18)14-21-25(31)30-24(29)20(15-28)22(23(26(30)36-21)27(32)33-3)17-8-12-19(13-9-17)35-5-2/h6-14,22H,4-5,29H2,1-3H3. The summed E-state index contributed by atoms with van der Waals surface area (Å²) < 4.78 is 18.0. The van der Waals surface area contributed by atoms with E-state index in [4.69, 9.17) is 19.9 Å². The summed E-state index contributed by atoms with van der Waals surface area (Å²) in [5.74, 6) is -0.0625. The quantitative estimate of drug-likeness (QED) is 0.492. The van der Waals surface area contributed by atoms with Gasteiger partial charge >= 0.3 is 5.97 Å². The van der Waals surface area contributed by atoms with Gasteiger partial charge < -0.3 is 19.9 Å². The number of aromatic nitrogens is 1. The average Bonchev–Trinajstić information content (AvgIpc) is 3.21. The van der Waals surface area contributed by atoms with E-state index in [2.05, 4.69) is 6.07 Å². The molecule has 0 saturated carbocycles. The molecule has 0 spiro atoms. The topological polar surface area (TPSA) is 117 Å². The van der Waals surface area contributed by atoms with Crippen molar-refractivity contribution in [3.63, 3.8) is 0 Å². The Balaban J connectivity index is 1.96. The maximum atomic E-state index is 13.4. The Labute approximate surface area is 211 Å². The van der Waals surface area contributed by atoms with Crippen molar-refractivity contribution in [3.8, 4) is 17.6 Å². The fourth-order valence-electron chi connectivity index (χ4n) is 4.09. The van der Waals surface area contributed by atoms with Crippen LogP contribution in [0.5, 0.6) is 11.5 Å². The Morgan fingerprint density at radius 1 is 1.08 bits per heavy atom. The molecular formula is C27H25N3O5S. The molecule has 3 aromatic rings. The molecule has 0 amide bonds. The number of nitrogens with two attached hydrogens (primary N) is 1. The number of carbonyl (C=O) groups is 1.